The number of rotatable bonds is 8. The van der Waals surface area contributed by atoms with E-state index in [1.54, 1.807) is 12.4 Å². The van der Waals surface area contributed by atoms with Crippen molar-refractivity contribution in [1.82, 2.24) is 20.2 Å². The highest BCUT2D eigenvalue weighted by molar-refractivity contribution is 5.95. The zero-order valence-electron chi connectivity index (χ0n) is 16.4. The average molecular weight is 361 g/mol. The van der Waals surface area contributed by atoms with Crippen molar-refractivity contribution in [2.24, 2.45) is 0 Å². The number of nitrogens with one attached hydrogen (secondary N) is 1. The molecule has 3 rings (SSSR count). The molecule has 0 saturated heterocycles. The molecular weight excluding hydrogens is 334 g/mol. The normalized spacial score (nSPS) is 12.2. The van der Waals surface area contributed by atoms with Gasteiger partial charge in [-0.1, -0.05) is 51.7 Å². The monoisotopic (exact) mass is 361 g/mol. The number of nitrogens with zero attached hydrogens (tertiary/aromatic N) is 4. The summed E-state index contributed by atoms with van der Waals surface area (Å²) in [7, 11) is 0. The Morgan fingerprint density at radius 2 is 2.00 bits per heavy atom. The lowest BCUT2D eigenvalue weighted by molar-refractivity contribution is 0.522. The number of fused-ring (bicyclic) bond motifs is 1. The van der Waals surface area contributed by atoms with Gasteiger partial charge in [-0.2, -0.15) is 10.4 Å². The molecule has 1 N–H and O–H groups in total. The van der Waals surface area contributed by atoms with E-state index in [0.717, 1.165) is 40.7 Å². The predicted molar refractivity (Wildman–Crippen MR) is 108 cm³/mol. The average Bonchev–Trinajstić information content (AvgIpc) is 3.16. The van der Waals surface area contributed by atoms with Crippen LogP contribution in [0.2, 0.25) is 0 Å². The molecule has 0 radical (unpaired) electrons. The largest absolute Gasteiger partial charge is 0.277 e. The number of benzene rings is 1. The lowest BCUT2D eigenvalue weighted by atomic mass is 9.95. The van der Waals surface area contributed by atoms with Gasteiger partial charge >= 0.3 is 0 Å². The van der Waals surface area contributed by atoms with Crippen LogP contribution in [0, 0.1) is 18.3 Å². The summed E-state index contributed by atoms with van der Waals surface area (Å²) in [6.45, 7) is 6.46. The number of H-pyrrole nitrogens is 1. The first kappa shape index (κ1) is 19.0. The van der Waals surface area contributed by atoms with Gasteiger partial charge in [0.15, 0.2) is 0 Å². The van der Waals surface area contributed by atoms with E-state index in [4.69, 9.17) is 4.98 Å². The van der Waals surface area contributed by atoms with Crippen LogP contribution in [0.15, 0.2) is 24.5 Å². The van der Waals surface area contributed by atoms with Gasteiger partial charge in [-0.05, 0) is 25.3 Å². The summed E-state index contributed by atoms with van der Waals surface area (Å²) in [4.78, 5) is 9.44. The van der Waals surface area contributed by atoms with E-state index in [-0.39, 0.29) is 0 Å². The Balaban J connectivity index is 2.02. The second-order valence-electron chi connectivity index (χ2n) is 7.15. The van der Waals surface area contributed by atoms with Crippen LogP contribution in [0.1, 0.15) is 75.2 Å². The lowest BCUT2D eigenvalue weighted by Gasteiger charge is -2.16. The van der Waals surface area contributed by atoms with E-state index < -0.39 is 0 Å². The van der Waals surface area contributed by atoms with E-state index in [0.29, 0.717) is 17.2 Å². The van der Waals surface area contributed by atoms with Crippen molar-refractivity contribution in [2.75, 3.05) is 0 Å². The molecule has 0 aliphatic carbocycles. The molecule has 5 nitrogen and oxygen atoms in total. The molecule has 0 saturated carbocycles. The third-order valence-electron chi connectivity index (χ3n) is 5.25. The molecular formula is C22H27N5. The number of hydrogen-bond donors (Lipinski definition) is 1. The third kappa shape index (κ3) is 4.00. The fourth-order valence-corrected chi connectivity index (χ4v) is 3.62. The number of aryl methyl sites for hydroxylation is 1. The smallest absolute Gasteiger partial charge is 0.132 e. The van der Waals surface area contributed by atoms with Gasteiger partial charge in [0.25, 0.3) is 0 Å². The predicted octanol–water partition coefficient (Wildman–Crippen LogP) is 5.66. The summed E-state index contributed by atoms with van der Waals surface area (Å²) in [5.74, 6) is 1.17. The maximum Gasteiger partial charge on any atom is 0.132 e. The van der Waals surface area contributed by atoms with Gasteiger partial charge in [-0.3, -0.25) is 5.10 Å². The van der Waals surface area contributed by atoms with Crippen molar-refractivity contribution in [1.29, 1.82) is 5.26 Å². The summed E-state index contributed by atoms with van der Waals surface area (Å²) in [6, 6.07) is 6.35. The summed E-state index contributed by atoms with van der Waals surface area (Å²) < 4.78 is 0. The third-order valence-corrected chi connectivity index (χ3v) is 5.25. The number of unbranched alkanes of at least 4 members (excludes halogenated alkanes) is 3. The fourth-order valence-electron chi connectivity index (χ4n) is 3.62. The summed E-state index contributed by atoms with van der Waals surface area (Å²) in [5.41, 5.74) is 4.16. The molecule has 0 spiro atoms. The molecule has 1 aromatic carbocycles. The Morgan fingerprint density at radius 1 is 1.15 bits per heavy atom. The Labute approximate surface area is 160 Å². The van der Waals surface area contributed by atoms with Crippen molar-refractivity contribution in [2.45, 2.75) is 65.2 Å². The molecule has 3 aromatic rings. The second kappa shape index (κ2) is 8.77. The molecule has 5 heteroatoms. The number of nitriles is 1. The van der Waals surface area contributed by atoms with E-state index in [9.17, 15) is 5.26 Å². The highest BCUT2D eigenvalue weighted by Crippen LogP contribution is 2.33. The SMILES string of the molecule is CCCCCCC(CC)c1ncc(C#N)c(-c2c(C)ccc3cn[nH]c23)n1. The summed E-state index contributed by atoms with van der Waals surface area (Å²) in [5, 5.41) is 17.9. The summed E-state index contributed by atoms with van der Waals surface area (Å²) in [6.07, 6.45) is 10.5. The van der Waals surface area contributed by atoms with E-state index in [1.807, 2.05) is 13.0 Å². The van der Waals surface area contributed by atoms with Crippen molar-refractivity contribution >= 4 is 10.9 Å². The van der Waals surface area contributed by atoms with Gasteiger partial charge in [0, 0.05) is 23.1 Å². The van der Waals surface area contributed by atoms with Crippen molar-refractivity contribution < 1.29 is 0 Å². The number of hydrogen-bond acceptors (Lipinski definition) is 4. The van der Waals surface area contributed by atoms with Gasteiger partial charge in [-0.15, -0.1) is 0 Å². The summed E-state index contributed by atoms with van der Waals surface area (Å²) >= 11 is 0. The van der Waals surface area contributed by atoms with Crippen molar-refractivity contribution in [3.05, 3.63) is 41.5 Å². The van der Waals surface area contributed by atoms with Gasteiger partial charge in [0.05, 0.1) is 23.0 Å². The maximum absolute atomic E-state index is 9.62. The molecule has 140 valence electrons. The fraction of sp³-hybridized carbons (Fsp3) is 0.455. The first-order valence-electron chi connectivity index (χ1n) is 9.89. The Hall–Kier alpha value is -2.74. The van der Waals surface area contributed by atoms with Gasteiger partial charge < -0.3 is 0 Å². The standard InChI is InChI=1S/C22H27N5/c1-4-6-7-8-9-16(5-2)22-24-13-18(12-23)20(26-22)19-15(3)10-11-17-14-25-27-21(17)19/h10-11,13-14,16H,4-9H2,1-3H3,(H,25,27). The molecule has 0 fully saturated rings. The first-order chi connectivity index (χ1) is 13.2. The van der Waals surface area contributed by atoms with E-state index in [1.165, 1.54) is 25.7 Å². The quantitative estimate of drug-likeness (QED) is 0.525. The van der Waals surface area contributed by atoms with Crippen LogP contribution in [-0.2, 0) is 0 Å². The van der Waals surface area contributed by atoms with E-state index >= 15 is 0 Å². The molecule has 2 aromatic heterocycles. The van der Waals surface area contributed by atoms with Crippen LogP contribution in [0.5, 0.6) is 0 Å². The molecule has 0 bridgehead atoms. The number of aromatic amines is 1. The zero-order chi connectivity index (χ0) is 19.2. The molecule has 1 unspecified atom stereocenters. The lowest BCUT2D eigenvalue weighted by Crippen LogP contribution is -2.07. The molecule has 0 amide bonds. The van der Waals surface area contributed by atoms with Crippen LogP contribution in [0.4, 0.5) is 0 Å². The molecule has 0 aliphatic rings. The minimum absolute atomic E-state index is 0.328. The molecule has 27 heavy (non-hydrogen) atoms. The molecule has 1 atom stereocenters. The minimum atomic E-state index is 0.328. The van der Waals surface area contributed by atoms with Crippen LogP contribution >= 0.6 is 0 Å². The minimum Gasteiger partial charge on any atom is -0.277 e. The van der Waals surface area contributed by atoms with Gasteiger partial charge in [-0.25, -0.2) is 9.97 Å². The Bertz CT molecular complexity index is 951. The van der Waals surface area contributed by atoms with E-state index in [2.05, 4.69) is 41.2 Å². The maximum atomic E-state index is 9.62. The van der Waals surface area contributed by atoms with Crippen molar-refractivity contribution in [3.8, 4) is 17.3 Å². The highest BCUT2D eigenvalue weighted by atomic mass is 15.1. The van der Waals surface area contributed by atoms with Crippen LogP contribution in [0.25, 0.3) is 22.2 Å². The number of aromatic nitrogens is 4. The van der Waals surface area contributed by atoms with Crippen LogP contribution in [0.3, 0.4) is 0 Å². The first-order valence-corrected chi connectivity index (χ1v) is 9.89. The Kier molecular flexibility index (Phi) is 6.18. The highest BCUT2D eigenvalue weighted by Gasteiger charge is 2.19. The van der Waals surface area contributed by atoms with Crippen LogP contribution < -0.4 is 0 Å². The van der Waals surface area contributed by atoms with Gasteiger partial charge in [0.2, 0.25) is 0 Å². The second-order valence-corrected chi connectivity index (χ2v) is 7.15. The molecule has 2 heterocycles. The van der Waals surface area contributed by atoms with Crippen molar-refractivity contribution in [3.63, 3.8) is 0 Å². The topological polar surface area (TPSA) is 78.2 Å². The zero-order valence-corrected chi connectivity index (χ0v) is 16.4. The molecule has 0 aliphatic heterocycles. The Morgan fingerprint density at radius 3 is 2.74 bits per heavy atom. The van der Waals surface area contributed by atoms with Crippen LogP contribution in [-0.4, -0.2) is 20.2 Å². The van der Waals surface area contributed by atoms with Gasteiger partial charge in [0.1, 0.15) is 11.9 Å².